The number of aromatic amines is 1. The van der Waals surface area contributed by atoms with Gasteiger partial charge in [-0.3, -0.25) is 14.9 Å². The summed E-state index contributed by atoms with van der Waals surface area (Å²) in [6.07, 6.45) is 4.56. The van der Waals surface area contributed by atoms with Gasteiger partial charge in [-0.25, -0.2) is 0 Å². The van der Waals surface area contributed by atoms with E-state index >= 15 is 0 Å². The zero-order valence-electron chi connectivity index (χ0n) is 18.7. The first kappa shape index (κ1) is 20.9. The van der Waals surface area contributed by atoms with Crippen molar-refractivity contribution in [2.75, 3.05) is 27.2 Å². The third kappa shape index (κ3) is 4.23. The highest BCUT2D eigenvalue weighted by atomic mass is 16.2. The Labute approximate surface area is 193 Å². The van der Waals surface area contributed by atoms with Gasteiger partial charge in [0, 0.05) is 48.0 Å². The smallest absolute Gasteiger partial charge is 0.253 e. The summed E-state index contributed by atoms with van der Waals surface area (Å²) in [5.41, 5.74) is 5.20. The number of likely N-dealkylation sites (N-methyl/N-ethyl adjacent to an activating group) is 1. The van der Waals surface area contributed by atoms with Gasteiger partial charge in [0.1, 0.15) is 5.69 Å². The van der Waals surface area contributed by atoms with Crippen LogP contribution in [0.3, 0.4) is 0 Å². The van der Waals surface area contributed by atoms with Crippen molar-refractivity contribution in [1.82, 2.24) is 25.0 Å². The van der Waals surface area contributed by atoms with Crippen molar-refractivity contribution in [2.24, 2.45) is 0 Å². The highest BCUT2D eigenvalue weighted by Crippen LogP contribution is 2.24. The summed E-state index contributed by atoms with van der Waals surface area (Å²) in [6.45, 7) is 1.54. The van der Waals surface area contributed by atoms with Gasteiger partial charge in [-0.05, 0) is 74.0 Å². The van der Waals surface area contributed by atoms with Crippen molar-refractivity contribution in [1.29, 1.82) is 0 Å². The molecule has 0 unspecified atom stereocenters. The molecule has 1 N–H and O–H groups in total. The van der Waals surface area contributed by atoms with Crippen molar-refractivity contribution in [3.63, 3.8) is 0 Å². The van der Waals surface area contributed by atoms with E-state index in [1.165, 1.54) is 0 Å². The Kier molecular flexibility index (Phi) is 5.64. The van der Waals surface area contributed by atoms with Crippen molar-refractivity contribution in [2.45, 2.75) is 12.5 Å². The Morgan fingerprint density at radius 1 is 1.09 bits per heavy atom. The summed E-state index contributed by atoms with van der Waals surface area (Å²) in [6, 6.07) is 18.1. The second-order valence-corrected chi connectivity index (χ2v) is 8.52. The molecule has 0 radical (unpaired) electrons. The maximum Gasteiger partial charge on any atom is 0.253 e. The van der Waals surface area contributed by atoms with E-state index in [2.05, 4.69) is 52.1 Å². The topological polar surface area (TPSA) is 65.1 Å². The number of aromatic nitrogens is 3. The number of carbonyl (C=O) groups is 1. The number of hydrogen-bond acceptors (Lipinski definition) is 4. The zero-order valence-corrected chi connectivity index (χ0v) is 18.7. The summed E-state index contributed by atoms with van der Waals surface area (Å²) in [5, 5.41) is 8.30. The number of pyridine rings is 1. The molecule has 1 aliphatic rings. The average molecular weight is 436 g/mol. The summed E-state index contributed by atoms with van der Waals surface area (Å²) < 4.78 is 0. The molecule has 1 saturated heterocycles. The van der Waals surface area contributed by atoms with Crippen LogP contribution in [0.2, 0.25) is 0 Å². The zero-order chi connectivity index (χ0) is 22.8. The van der Waals surface area contributed by atoms with Crippen LogP contribution in [0.4, 0.5) is 0 Å². The van der Waals surface area contributed by atoms with E-state index in [4.69, 9.17) is 0 Å². The molecule has 4 aromatic rings. The quantitative estimate of drug-likeness (QED) is 0.497. The molecule has 164 valence electrons. The van der Waals surface area contributed by atoms with Crippen LogP contribution >= 0.6 is 0 Å². The summed E-state index contributed by atoms with van der Waals surface area (Å²) >= 11 is 0. The second-order valence-electron chi connectivity index (χ2n) is 8.52. The van der Waals surface area contributed by atoms with Crippen LogP contribution in [-0.2, 0) is 0 Å². The lowest BCUT2D eigenvalue weighted by molar-refractivity contribution is 0.0783. The lowest BCUT2D eigenvalue weighted by Crippen LogP contribution is -2.34. The molecule has 33 heavy (non-hydrogen) atoms. The third-order valence-corrected chi connectivity index (χ3v) is 6.22. The molecule has 0 saturated carbocycles. The second kappa shape index (κ2) is 8.89. The van der Waals surface area contributed by atoms with Gasteiger partial charge in [-0.15, -0.1) is 0 Å². The molecule has 2 aromatic heterocycles. The van der Waals surface area contributed by atoms with Crippen LogP contribution in [0.15, 0.2) is 67.0 Å². The van der Waals surface area contributed by atoms with Gasteiger partial charge in [0.2, 0.25) is 0 Å². The Balaban J connectivity index is 1.45. The molecule has 2 aromatic carbocycles. The minimum Gasteiger partial charge on any atom is -0.337 e. The first-order valence-electron chi connectivity index (χ1n) is 11.1. The average Bonchev–Trinajstić information content (AvgIpc) is 3.50. The molecule has 1 fully saturated rings. The number of rotatable bonds is 3. The van der Waals surface area contributed by atoms with E-state index in [0.717, 1.165) is 47.1 Å². The Bertz CT molecular complexity index is 1360. The lowest BCUT2D eigenvalue weighted by atomic mass is 10.0. The van der Waals surface area contributed by atoms with Crippen molar-refractivity contribution in [3.8, 4) is 23.0 Å². The molecular weight excluding hydrogens is 410 g/mol. The number of benzene rings is 2. The van der Waals surface area contributed by atoms with E-state index in [1.807, 2.05) is 53.4 Å². The van der Waals surface area contributed by atoms with Gasteiger partial charge in [0.15, 0.2) is 0 Å². The van der Waals surface area contributed by atoms with E-state index in [-0.39, 0.29) is 5.91 Å². The molecule has 1 atom stereocenters. The van der Waals surface area contributed by atoms with Gasteiger partial charge in [-0.2, -0.15) is 5.10 Å². The lowest BCUT2D eigenvalue weighted by Gasteiger charge is -2.20. The largest absolute Gasteiger partial charge is 0.337 e. The van der Waals surface area contributed by atoms with E-state index < -0.39 is 0 Å². The molecule has 6 nitrogen and oxygen atoms in total. The van der Waals surface area contributed by atoms with Crippen LogP contribution < -0.4 is 0 Å². The van der Waals surface area contributed by atoms with Gasteiger partial charge in [0.25, 0.3) is 5.91 Å². The number of fused-ring (bicyclic) bond motifs is 1. The maximum absolute atomic E-state index is 13.1. The number of nitrogens with zero attached hydrogens (tertiary/aromatic N) is 4. The molecule has 3 heterocycles. The highest BCUT2D eigenvalue weighted by molar-refractivity contribution is 5.99. The Morgan fingerprint density at radius 2 is 1.91 bits per heavy atom. The first-order valence-corrected chi connectivity index (χ1v) is 11.1. The monoisotopic (exact) mass is 435 g/mol. The van der Waals surface area contributed by atoms with E-state index in [0.29, 0.717) is 17.3 Å². The van der Waals surface area contributed by atoms with E-state index in [9.17, 15) is 4.79 Å². The first-order chi connectivity index (χ1) is 16.1. The van der Waals surface area contributed by atoms with Gasteiger partial charge < -0.3 is 9.80 Å². The summed E-state index contributed by atoms with van der Waals surface area (Å²) in [5.74, 6) is 6.55. The van der Waals surface area contributed by atoms with Gasteiger partial charge in [-0.1, -0.05) is 24.1 Å². The molecule has 1 aliphatic heterocycles. The fourth-order valence-corrected chi connectivity index (χ4v) is 4.27. The number of amides is 1. The van der Waals surface area contributed by atoms with Crippen molar-refractivity contribution >= 4 is 16.8 Å². The normalized spacial score (nSPS) is 15.6. The van der Waals surface area contributed by atoms with E-state index in [1.54, 1.807) is 12.4 Å². The molecule has 0 bridgehead atoms. The number of likely N-dealkylation sites (tertiary alicyclic amines) is 1. The minimum absolute atomic E-state index is 0.0596. The summed E-state index contributed by atoms with van der Waals surface area (Å²) in [7, 11) is 4.13. The molecular formula is C27H25N5O. The predicted molar refractivity (Wildman–Crippen MR) is 130 cm³/mol. The number of nitrogens with one attached hydrogen (secondary N) is 1. The SMILES string of the molecule is CN(C)[C@@H]1CCN(C(=O)c2ccc3[nH]nc(C#Cc4ccccc4-c4ccncc4)c3c2)C1. The number of hydrogen-bond donors (Lipinski definition) is 1. The fraction of sp³-hybridized carbons (Fsp3) is 0.222. The highest BCUT2D eigenvalue weighted by Gasteiger charge is 2.28. The van der Waals surface area contributed by atoms with Gasteiger partial charge in [0.05, 0.1) is 5.52 Å². The van der Waals surface area contributed by atoms with Crippen LogP contribution in [0.1, 0.15) is 28.0 Å². The van der Waals surface area contributed by atoms with Crippen LogP contribution in [0, 0.1) is 11.8 Å². The van der Waals surface area contributed by atoms with Crippen molar-refractivity contribution in [3.05, 3.63) is 83.8 Å². The van der Waals surface area contributed by atoms with Crippen LogP contribution in [0.25, 0.3) is 22.0 Å². The molecule has 1 amide bonds. The standard InChI is InChI=1S/C27H25N5O/c1-31(2)22-13-16-32(18-22)27(33)21-8-10-26-24(17-21)25(29-30-26)9-7-19-5-3-4-6-23(19)20-11-14-28-15-12-20/h3-6,8,10-12,14-15,17,22H,13,16,18H2,1-2H3,(H,29,30)/t22-/m1/s1. The Morgan fingerprint density at radius 3 is 2.70 bits per heavy atom. The minimum atomic E-state index is 0.0596. The Hall–Kier alpha value is -3.95. The maximum atomic E-state index is 13.1. The van der Waals surface area contributed by atoms with Crippen LogP contribution in [-0.4, -0.2) is 64.1 Å². The van der Waals surface area contributed by atoms with Crippen LogP contribution in [0.5, 0.6) is 0 Å². The molecule has 0 spiro atoms. The van der Waals surface area contributed by atoms with Crippen molar-refractivity contribution < 1.29 is 4.79 Å². The van der Waals surface area contributed by atoms with Gasteiger partial charge >= 0.3 is 0 Å². The molecule has 5 rings (SSSR count). The summed E-state index contributed by atoms with van der Waals surface area (Å²) in [4.78, 5) is 21.3. The molecule has 6 heteroatoms. The predicted octanol–water partition coefficient (Wildman–Crippen LogP) is 3.80. The third-order valence-electron chi connectivity index (χ3n) is 6.22. The number of carbonyl (C=O) groups excluding carboxylic acids is 1. The molecule has 0 aliphatic carbocycles. The number of H-pyrrole nitrogens is 1. The fourth-order valence-electron chi connectivity index (χ4n) is 4.27.